The van der Waals surface area contributed by atoms with Crippen molar-refractivity contribution in [1.29, 1.82) is 0 Å². The maximum absolute atomic E-state index is 14.4. The summed E-state index contributed by atoms with van der Waals surface area (Å²) in [4.78, 5) is 0.309. The minimum Gasteiger partial charge on any atom is -0.392 e. The van der Waals surface area contributed by atoms with Gasteiger partial charge in [-0.05, 0) is 95.4 Å². The number of aliphatic hydroxyl groups is 1. The summed E-state index contributed by atoms with van der Waals surface area (Å²) in [6, 6.07) is 8.74. The lowest BCUT2D eigenvalue weighted by Crippen LogP contribution is -2.45. The van der Waals surface area contributed by atoms with Crippen molar-refractivity contribution in [3.05, 3.63) is 64.8 Å². The average Bonchev–Trinajstić information content (AvgIpc) is 2.81. The molecule has 0 aliphatic heterocycles. The number of ether oxygens (including phenoxy) is 2. The third-order valence-corrected chi connectivity index (χ3v) is 9.22. The standard InChI is InChI=1S/C30H46O5S/c1-8-34-25(5)35-28(24(4)15-12-14-22(2)19-21-31)29(27-23(3)16-13-20-30(27,6)7)36(32,33)26-17-10-9-11-18-26/h9-11,15,17-19,25,28-29,31H,8,12-14,16,20-21H2,1-7H3/b22-19+,24-15+. The van der Waals surface area contributed by atoms with Crippen LogP contribution in [0.2, 0.25) is 0 Å². The van der Waals surface area contributed by atoms with Gasteiger partial charge in [0.25, 0.3) is 0 Å². The van der Waals surface area contributed by atoms with E-state index in [0.717, 1.165) is 54.4 Å². The fourth-order valence-corrected chi connectivity index (χ4v) is 7.56. The van der Waals surface area contributed by atoms with Gasteiger partial charge in [-0.25, -0.2) is 8.42 Å². The topological polar surface area (TPSA) is 72.8 Å². The van der Waals surface area contributed by atoms with Crippen LogP contribution < -0.4 is 0 Å². The molecule has 1 aromatic rings. The molecule has 0 bridgehead atoms. The molecular formula is C30H46O5S. The Kier molecular flexibility index (Phi) is 11.6. The Balaban J connectivity index is 2.69. The van der Waals surface area contributed by atoms with Crippen molar-refractivity contribution in [1.82, 2.24) is 0 Å². The van der Waals surface area contributed by atoms with Crippen molar-refractivity contribution < 1.29 is 23.0 Å². The van der Waals surface area contributed by atoms with Crippen LogP contribution in [-0.2, 0) is 19.3 Å². The zero-order chi connectivity index (χ0) is 26.9. The first-order valence-electron chi connectivity index (χ1n) is 13.1. The van der Waals surface area contributed by atoms with Crippen molar-refractivity contribution >= 4 is 9.84 Å². The molecule has 0 aromatic heterocycles. The average molecular weight is 519 g/mol. The van der Waals surface area contributed by atoms with E-state index in [4.69, 9.17) is 9.47 Å². The normalized spacial score (nSPS) is 19.8. The molecule has 0 saturated heterocycles. The van der Waals surface area contributed by atoms with Gasteiger partial charge in [0.1, 0.15) is 11.4 Å². The predicted octanol–water partition coefficient (Wildman–Crippen LogP) is 6.79. The Morgan fingerprint density at radius 2 is 1.83 bits per heavy atom. The summed E-state index contributed by atoms with van der Waals surface area (Å²) in [5, 5.41) is 8.32. The highest BCUT2D eigenvalue weighted by Crippen LogP contribution is 2.46. The summed E-state index contributed by atoms with van der Waals surface area (Å²) in [6.07, 6.45) is 7.02. The molecule has 1 aliphatic rings. The third-order valence-electron chi connectivity index (χ3n) is 7.14. The summed E-state index contributed by atoms with van der Waals surface area (Å²) < 4.78 is 41.0. The van der Waals surface area contributed by atoms with Crippen LogP contribution >= 0.6 is 0 Å². The monoisotopic (exact) mass is 518 g/mol. The molecule has 1 aliphatic carbocycles. The van der Waals surface area contributed by atoms with Gasteiger partial charge in [0.15, 0.2) is 16.1 Å². The van der Waals surface area contributed by atoms with Crippen LogP contribution in [0.1, 0.15) is 80.6 Å². The highest BCUT2D eigenvalue weighted by Gasteiger charge is 2.46. The third kappa shape index (κ3) is 7.88. The number of sulfone groups is 1. The van der Waals surface area contributed by atoms with Gasteiger partial charge in [0.2, 0.25) is 0 Å². The molecule has 0 fully saturated rings. The molecule has 3 atom stereocenters. The first-order valence-corrected chi connectivity index (χ1v) is 14.7. The van der Waals surface area contributed by atoms with Gasteiger partial charge in [0.05, 0.1) is 11.5 Å². The summed E-state index contributed by atoms with van der Waals surface area (Å²) in [7, 11) is -3.78. The van der Waals surface area contributed by atoms with Gasteiger partial charge >= 0.3 is 0 Å². The Morgan fingerprint density at radius 1 is 1.17 bits per heavy atom. The quantitative estimate of drug-likeness (QED) is 0.230. The van der Waals surface area contributed by atoms with E-state index in [-0.39, 0.29) is 12.0 Å². The van der Waals surface area contributed by atoms with E-state index in [1.807, 2.05) is 33.8 Å². The minimum atomic E-state index is -3.78. The second-order valence-corrected chi connectivity index (χ2v) is 12.6. The van der Waals surface area contributed by atoms with Crippen LogP contribution in [-0.4, -0.2) is 44.4 Å². The van der Waals surface area contributed by atoms with Crippen molar-refractivity contribution in [2.75, 3.05) is 13.2 Å². The molecule has 0 heterocycles. The molecule has 6 heteroatoms. The van der Waals surface area contributed by atoms with Crippen molar-refractivity contribution in [2.45, 2.75) is 103 Å². The molecular weight excluding hydrogens is 472 g/mol. The summed E-state index contributed by atoms with van der Waals surface area (Å²) in [6.45, 7) is 14.6. The van der Waals surface area contributed by atoms with Crippen LogP contribution in [0.3, 0.4) is 0 Å². The number of rotatable bonds is 13. The second-order valence-electron chi connectivity index (χ2n) is 10.5. The van der Waals surface area contributed by atoms with Gasteiger partial charge < -0.3 is 14.6 Å². The first kappa shape index (κ1) is 30.5. The van der Waals surface area contributed by atoms with Gasteiger partial charge in [0, 0.05) is 6.61 Å². The zero-order valence-corrected chi connectivity index (χ0v) is 24.0. The predicted molar refractivity (Wildman–Crippen MR) is 148 cm³/mol. The number of benzene rings is 1. The number of hydrogen-bond acceptors (Lipinski definition) is 5. The molecule has 1 N–H and O–H groups in total. The second kappa shape index (κ2) is 13.7. The molecule has 36 heavy (non-hydrogen) atoms. The van der Waals surface area contributed by atoms with E-state index in [1.165, 1.54) is 0 Å². The summed E-state index contributed by atoms with van der Waals surface area (Å²) >= 11 is 0. The lowest BCUT2D eigenvalue weighted by Gasteiger charge is -2.42. The van der Waals surface area contributed by atoms with E-state index >= 15 is 0 Å². The molecule has 0 radical (unpaired) electrons. The van der Waals surface area contributed by atoms with E-state index < -0.39 is 27.5 Å². The molecule has 5 nitrogen and oxygen atoms in total. The highest BCUT2D eigenvalue weighted by atomic mass is 32.2. The molecule has 0 amide bonds. The van der Waals surface area contributed by atoms with E-state index in [2.05, 4.69) is 26.8 Å². The summed E-state index contributed by atoms with van der Waals surface area (Å²) in [5.41, 5.74) is 3.82. The largest absolute Gasteiger partial charge is 0.392 e. The maximum atomic E-state index is 14.4. The van der Waals surface area contributed by atoms with E-state index in [0.29, 0.717) is 11.5 Å². The van der Waals surface area contributed by atoms with Crippen LogP contribution in [0.5, 0.6) is 0 Å². The lowest BCUT2D eigenvalue weighted by molar-refractivity contribution is -0.147. The van der Waals surface area contributed by atoms with Crippen LogP contribution in [0, 0.1) is 5.41 Å². The van der Waals surface area contributed by atoms with E-state index in [9.17, 15) is 13.5 Å². The number of hydrogen-bond donors (Lipinski definition) is 1. The molecule has 3 unspecified atom stereocenters. The Hall–Kier alpha value is -1.73. The fraction of sp³-hybridized carbons (Fsp3) is 0.600. The molecule has 0 saturated carbocycles. The lowest BCUT2D eigenvalue weighted by atomic mass is 9.70. The SMILES string of the molecule is CCOC(C)OC(/C(C)=C/CC/C(C)=C/CO)C(C1=C(C)CCCC1(C)C)S(=O)(=O)c1ccccc1. The molecule has 1 aromatic carbocycles. The van der Waals surface area contributed by atoms with Gasteiger partial charge in [-0.1, -0.05) is 55.3 Å². The molecule has 202 valence electrons. The smallest absolute Gasteiger partial charge is 0.187 e. The van der Waals surface area contributed by atoms with Crippen molar-refractivity contribution in [3.8, 4) is 0 Å². The first-order chi connectivity index (χ1) is 17.0. The van der Waals surface area contributed by atoms with Gasteiger partial charge in [-0.3, -0.25) is 0 Å². The van der Waals surface area contributed by atoms with Crippen molar-refractivity contribution in [3.63, 3.8) is 0 Å². The fourth-order valence-electron chi connectivity index (χ4n) is 5.30. The van der Waals surface area contributed by atoms with E-state index in [1.54, 1.807) is 30.3 Å². The molecule has 2 rings (SSSR count). The number of aliphatic hydroxyl groups excluding tert-OH is 1. The minimum absolute atomic E-state index is 0.0199. The Bertz CT molecular complexity index is 1030. The van der Waals surface area contributed by atoms with Crippen LogP contribution in [0.15, 0.2) is 69.7 Å². The summed E-state index contributed by atoms with van der Waals surface area (Å²) in [5.74, 6) is 0. The van der Waals surface area contributed by atoms with Crippen LogP contribution in [0.4, 0.5) is 0 Å². The maximum Gasteiger partial charge on any atom is 0.187 e. The van der Waals surface area contributed by atoms with Gasteiger partial charge in [-0.2, -0.15) is 0 Å². The number of allylic oxidation sites excluding steroid dienone is 3. The van der Waals surface area contributed by atoms with Crippen LogP contribution in [0.25, 0.3) is 0 Å². The van der Waals surface area contributed by atoms with Crippen molar-refractivity contribution in [2.24, 2.45) is 5.41 Å². The Morgan fingerprint density at radius 3 is 2.42 bits per heavy atom. The Labute approximate surface area is 219 Å². The highest BCUT2D eigenvalue weighted by molar-refractivity contribution is 7.92. The van der Waals surface area contributed by atoms with Gasteiger partial charge in [-0.15, -0.1) is 0 Å². The zero-order valence-electron chi connectivity index (χ0n) is 23.2. The molecule has 0 spiro atoms.